The molecular formula is C22H34N4O4S. The SMILES string of the molecule is Cn1cc(S(=O)(=O)N2CCC(C(=O)NC3CCC4CCCCC4C3)CC2)cc1C(N)=O. The molecule has 1 saturated heterocycles. The first-order valence-electron chi connectivity index (χ1n) is 11.5. The number of amides is 2. The van der Waals surface area contributed by atoms with E-state index in [1.807, 2.05) is 0 Å². The molecule has 3 atom stereocenters. The topological polar surface area (TPSA) is 114 Å². The van der Waals surface area contributed by atoms with Crippen LogP contribution in [0.5, 0.6) is 0 Å². The Hall–Kier alpha value is -1.87. The van der Waals surface area contributed by atoms with Gasteiger partial charge < -0.3 is 15.6 Å². The van der Waals surface area contributed by atoms with Crippen LogP contribution in [0.25, 0.3) is 0 Å². The predicted molar refractivity (Wildman–Crippen MR) is 117 cm³/mol. The van der Waals surface area contributed by atoms with E-state index in [0.29, 0.717) is 25.9 Å². The van der Waals surface area contributed by atoms with E-state index in [0.717, 1.165) is 24.7 Å². The number of sulfonamides is 1. The number of fused-ring (bicyclic) bond motifs is 1. The van der Waals surface area contributed by atoms with Gasteiger partial charge >= 0.3 is 0 Å². The van der Waals surface area contributed by atoms with E-state index >= 15 is 0 Å². The smallest absolute Gasteiger partial charge is 0.265 e. The van der Waals surface area contributed by atoms with Gasteiger partial charge in [0.25, 0.3) is 5.91 Å². The van der Waals surface area contributed by atoms with Gasteiger partial charge in [0.15, 0.2) is 0 Å². The van der Waals surface area contributed by atoms with Crippen LogP contribution in [0.15, 0.2) is 17.2 Å². The van der Waals surface area contributed by atoms with Crippen molar-refractivity contribution >= 4 is 21.8 Å². The molecule has 172 valence electrons. The van der Waals surface area contributed by atoms with E-state index in [2.05, 4.69) is 5.32 Å². The van der Waals surface area contributed by atoms with Gasteiger partial charge in [-0.15, -0.1) is 0 Å². The molecule has 0 aromatic carbocycles. The molecule has 1 aromatic rings. The van der Waals surface area contributed by atoms with Crippen LogP contribution in [0.2, 0.25) is 0 Å². The number of primary amides is 1. The lowest BCUT2D eigenvalue weighted by molar-refractivity contribution is -0.127. The van der Waals surface area contributed by atoms with Crippen LogP contribution in [-0.2, 0) is 21.9 Å². The van der Waals surface area contributed by atoms with Crippen LogP contribution in [0.3, 0.4) is 0 Å². The highest BCUT2D eigenvalue weighted by Gasteiger charge is 2.36. The van der Waals surface area contributed by atoms with Crippen molar-refractivity contribution in [2.75, 3.05) is 13.1 Å². The predicted octanol–water partition coefficient (Wildman–Crippen LogP) is 2.00. The average molecular weight is 451 g/mol. The minimum absolute atomic E-state index is 0.0657. The van der Waals surface area contributed by atoms with Crippen molar-refractivity contribution in [3.05, 3.63) is 18.0 Å². The maximum absolute atomic E-state index is 13.0. The van der Waals surface area contributed by atoms with Crippen molar-refractivity contribution < 1.29 is 18.0 Å². The maximum atomic E-state index is 13.0. The van der Waals surface area contributed by atoms with Crippen molar-refractivity contribution in [2.45, 2.75) is 68.7 Å². The normalized spacial score (nSPS) is 28.1. The molecule has 9 heteroatoms. The number of aryl methyl sites for hydroxylation is 1. The summed E-state index contributed by atoms with van der Waals surface area (Å²) in [4.78, 5) is 24.4. The number of carbonyl (C=O) groups excluding carboxylic acids is 2. The molecule has 0 radical (unpaired) electrons. The third-order valence-corrected chi connectivity index (χ3v) is 9.44. The fourth-order valence-electron chi connectivity index (χ4n) is 5.75. The number of rotatable bonds is 5. The number of nitrogens with two attached hydrogens (primary N) is 1. The highest BCUT2D eigenvalue weighted by Crippen LogP contribution is 2.40. The summed E-state index contributed by atoms with van der Waals surface area (Å²) in [5, 5.41) is 3.27. The molecule has 2 amide bonds. The van der Waals surface area contributed by atoms with E-state index in [1.165, 1.54) is 53.2 Å². The quantitative estimate of drug-likeness (QED) is 0.714. The molecule has 2 aliphatic carbocycles. The van der Waals surface area contributed by atoms with E-state index in [4.69, 9.17) is 5.73 Å². The second-order valence-electron chi connectivity index (χ2n) is 9.54. The number of nitrogens with one attached hydrogen (secondary N) is 1. The summed E-state index contributed by atoms with van der Waals surface area (Å²) < 4.78 is 28.8. The van der Waals surface area contributed by atoms with E-state index in [-0.39, 0.29) is 28.5 Å². The van der Waals surface area contributed by atoms with Gasteiger partial charge in [-0.25, -0.2) is 8.42 Å². The molecule has 4 rings (SSSR count). The number of nitrogens with zero attached hydrogens (tertiary/aromatic N) is 2. The lowest BCUT2D eigenvalue weighted by atomic mass is 9.69. The lowest BCUT2D eigenvalue weighted by Gasteiger charge is -2.40. The second kappa shape index (κ2) is 8.94. The van der Waals surface area contributed by atoms with Crippen molar-refractivity contribution in [1.82, 2.24) is 14.2 Å². The van der Waals surface area contributed by atoms with Gasteiger partial charge in [-0.3, -0.25) is 9.59 Å². The first-order valence-corrected chi connectivity index (χ1v) is 13.0. The summed E-state index contributed by atoms with van der Waals surface area (Å²) in [5.74, 6) is 0.875. The average Bonchev–Trinajstić information content (AvgIpc) is 3.16. The molecule has 8 nitrogen and oxygen atoms in total. The minimum Gasteiger partial charge on any atom is -0.364 e. The fraction of sp³-hybridized carbons (Fsp3) is 0.727. The number of hydrogen-bond donors (Lipinski definition) is 2. The molecule has 0 spiro atoms. The molecular weight excluding hydrogens is 416 g/mol. The van der Waals surface area contributed by atoms with Gasteiger partial charge in [-0.1, -0.05) is 25.7 Å². The number of piperidine rings is 1. The van der Waals surface area contributed by atoms with E-state index in [9.17, 15) is 18.0 Å². The van der Waals surface area contributed by atoms with Gasteiger partial charge in [0.1, 0.15) is 10.6 Å². The molecule has 31 heavy (non-hydrogen) atoms. The Morgan fingerprint density at radius 1 is 1.03 bits per heavy atom. The number of hydrogen-bond acceptors (Lipinski definition) is 4. The molecule has 0 bridgehead atoms. The van der Waals surface area contributed by atoms with Crippen LogP contribution in [-0.4, -0.2) is 48.2 Å². The zero-order chi connectivity index (χ0) is 22.2. The van der Waals surface area contributed by atoms with Gasteiger partial charge in [0.2, 0.25) is 15.9 Å². The monoisotopic (exact) mass is 450 g/mol. The summed E-state index contributed by atoms with van der Waals surface area (Å²) in [6.07, 6.45) is 11.1. The Kier molecular flexibility index (Phi) is 6.44. The molecule has 3 aliphatic rings. The maximum Gasteiger partial charge on any atom is 0.265 e. The van der Waals surface area contributed by atoms with Crippen molar-refractivity contribution in [3.8, 4) is 0 Å². The first kappa shape index (κ1) is 22.3. The standard InChI is InChI=1S/C22H34N4O4S/c1-25-14-19(13-20(25)21(23)27)31(29,30)26-10-8-16(9-11-26)22(28)24-18-7-6-15-4-2-3-5-17(15)12-18/h13-18H,2-12H2,1H3,(H2,23,27)(H,24,28). The second-order valence-corrected chi connectivity index (χ2v) is 11.5. The Morgan fingerprint density at radius 3 is 2.35 bits per heavy atom. The van der Waals surface area contributed by atoms with Crippen LogP contribution in [0, 0.1) is 17.8 Å². The molecule has 3 N–H and O–H groups in total. The fourth-order valence-corrected chi connectivity index (χ4v) is 7.29. The Balaban J connectivity index is 1.31. The Bertz CT molecular complexity index is 933. The van der Waals surface area contributed by atoms with Gasteiger partial charge in [-0.2, -0.15) is 4.31 Å². The Labute approximate surface area is 184 Å². The van der Waals surface area contributed by atoms with Gasteiger partial charge in [0, 0.05) is 38.3 Å². The molecule has 1 aliphatic heterocycles. The molecule has 2 heterocycles. The number of carbonyl (C=O) groups is 2. The molecule has 3 fully saturated rings. The lowest BCUT2D eigenvalue weighted by Crippen LogP contribution is -2.47. The third kappa shape index (κ3) is 4.67. The van der Waals surface area contributed by atoms with Gasteiger partial charge in [-0.05, 0) is 50.0 Å². The summed E-state index contributed by atoms with van der Waals surface area (Å²) in [6, 6.07) is 1.59. The molecule has 1 aromatic heterocycles. The van der Waals surface area contributed by atoms with E-state index < -0.39 is 15.9 Å². The van der Waals surface area contributed by atoms with Crippen LogP contribution in [0.1, 0.15) is 68.3 Å². The summed E-state index contributed by atoms with van der Waals surface area (Å²) in [7, 11) is -2.12. The Morgan fingerprint density at radius 2 is 1.71 bits per heavy atom. The zero-order valence-corrected chi connectivity index (χ0v) is 19.1. The zero-order valence-electron chi connectivity index (χ0n) is 18.3. The molecule has 2 saturated carbocycles. The number of aromatic nitrogens is 1. The largest absolute Gasteiger partial charge is 0.364 e. The highest BCUT2D eigenvalue weighted by molar-refractivity contribution is 7.89. The summed E-state index contributed by atoms with van der Waals surface area (Å²) in [5.41, 5.74) is 5.45. The highest BCUT2D eigenvalue weighted by atomic mass is 32.2. The summed E-state index contributed by atoms with van der Waals surface area (Å²) >= 11 is 0. The van der Waals surface area contributed by atoms with E-state index in [1.54, 1.807) is 7.05 Å². The van der Waals surface area contributed by atoms with Crippen LogP contribution in [0.4, 0.5) is 0 Å². The van der Waals surface area contributed by atoms with Gasteiger partial charge in [0.05, 0.1) is 0 Å². The minimum atomic E-state index is -3.71. The van der Waals surface area contributed by atoms with Crippen molar-refractivity contribution in [3.63, 3.8) is 0 Å². The molecule has 3 unspecified atom stereocenters. The van der Waals surface area contributed by atoms with Crippen molar-refractivity contribution in [2.24, 2.45) is 30.5 Å². The van der Waals surface area contributed by atoms with Crippen LogP contribution >= 0.6 is 0 Å². The first-order chi connectivity index (χ1) is 14.8. The van der Waals surface area contributed by atoms with Crippen molar-refractivity contribution in [1.29, 1.82) is 0 Å². The third-order valence-electron chi connectivity index (χ3n) is 7.58. The summed E-state index contributed by atoms with van der Waals surface area (Å²) in [6.45, 7) is 0.604. The van der Waals surface area contributed by atoms with Crippen LogP contribution < -0.4 is 11.1 Å².